The molecule has 1 aliphatic heterocycles. The number of nitrogens with two attached hydrogens (primary N) is 1. The summed E-state index contributed by atoms with van der Waals surface area (Å²) in [6.07, 6.45) is 0.512. The van der Waals surface area contributed by atoms with E-state index in [0.29, 0.717) is 12.1 Å². The average molecular weight is 295 g/mol. The number of carbonyl (C=O) groups excluding carboxylic acids is 2. The van der Waals surface area contributed by atoms with Crippen molar-refractivity contribution in [3.8, 4) is 0 Å². The van der Waals surface area contributed by atoms with Gasteiger partial charge in [0.05, 0.1) is 6.54 Å². The number of benzene rings is 1. The number of piperazine rings is 1. The molecule has 2 amide bonds. The molecular formula is C13H14FN3O2S. The van der Waals surface area contributed by atoms with E-state index in [-0.39, 0.29) is 23.0 Å². The van der Waals surface area contributed by atoms with Gasteiger partial charge in [0.25, 0.3) is 0 Å². The van der Waals surface area contributed by atoms with Crippen LogP contribution in [0.4, 0.5) is 10.1 Å². The SMILES string of the molecule is CCC1C(=O)NC(=O)CN1c1ccc(C(N)=S)c(F)c1. The van der Waals surface area contributed by atoms with Crippen LogP contribution in [-0.4, -0.2) is 29.4 Å². The van der Waals surface area contributed by atoms with Crippen molar-refractivity contribution in [3.63, 3.8) is 0 Å². The maximum atomic E-state index is 13.9. The molecule has 7 heteroatoms. The highest BCUT2D eigenvalue weighted by atomic mass is 32.1. The van der Waals surface area contributed by atoms with Crippen molar-refractivity contribution >= 4 is 34.7 Å². The first-order valence-electron chi connectivity index (χ1n) is 6.13. The van der Waals surface area contributed by atoms with Crippen LogP contribution in [0.3, 0.4) is 0 Å². The van der Waals surface area contributed by atoms with Crippen LogP contribution in [0.5, 0.6) is 0 Å². The van der Waals surface area contributed by atoms with Crippen molar-refractivity contribution < 1.29 is 14.0 Å². The third-order valence-corrected chi connectivity index (χ3v) is 3.41. The Morgan fingerprint density at radius 1 is 1.55 bits per heavy atom. The molecule has 1 atom stereocenters. The Hall–Kier alpha value is -2.02. The summed E-state index contributed by atoms with van der Waals surface area (Å²) < 4.78 is 13.9. The highest BCUT2D eigenvalue weighted by Gasteiger charge is 2.32. The lowest BCUT2D eigenvalue weighted by molar-refractivity contribution is -0.132. The molecule has 5 nitrogen and oxygen atoms in total. The minimum Gasteiger partial charge on any atom is -0.389 e. The van der Waals surface area contributed by atoms with Gasteiger partial charge in [0.1, 0.15) is 16.8 Å². The molecule has 1 heterocycles. The number of carbonyl (C=O) groups is 2. The van der Waals surface area contributed by atoms with Gasteiger partial charge in [0, 0.05) is 11.3 Å². The van der Waals surface area contributed by atoms with E-state index in [0.717, 1.165) is 0 Å². The molecule has 2 rings (SSSR count). The first-order valence-corrected chi connectivity index (χ1v) is 6.54. The van der Waals surface area contributed by atoms with Crippen LogP contribution in [0.2, 0.25) is 0 Å². The van der Waals surface area contributed by atoms with Gasteiger partial charge in [0.15, 0.2) is 0 Å². The Kier molecular flexibility index (Phi) is 3.99. The van der Waals surface area contributed by atoms with Gasteiger partial charge >= 0.3 is 0 Å². The van der Waals surface area contributed by atoms with Crippen LogP contribution in [0.1, 0.15) is 18.9 Å². The molecule has 0 radical (unpaired) electrons. The molecule has 1 aromatic rings. The third kappa shape index (κ3) is 2.62. The summed E-state index contributed by atoms with van der Waals surface area (Å²) in [5.41, 5.74) is 6.00. The second kappa shape index (κ2) is 5.54. The molecule has 0 bridgehead atoms. The Balaban J connectivity index is 2.38. The highest BCUT2D eigenvalue weighted by molar-refractivity contribution is 7.80. The van der Waals surface area contributed by atoms with Crippen LogP contribution < -0.4 is 16.0 Å². The molecular weight excluding hydrogens is 281 g/mol. The van der Waals surface area contributed by atoms with Crippen LogP contribution in [0.25, 0.3) is 0 Å². The fourth-order valence-electron chi connectivity index (χ4n) is 2.23. The van der Waals surface area contributed by atoms with Gasteiger partial charge in [-0.1, -0.05) is 19.1 Å². The first-order chi connectivity index (χ1) is 9.43. The van der Waals surface area contributed by atoms with E-state index in [1.807, 2.05) is 6.92 Å². The first kappa shape index (κ1) is 14.4. The topological polar surface area (TPSA) is 75.4 Å². The van der Waals surface area contributed by atoms with E-state index in [2.05, 4.69) is 5.32 Å². The van der Waals surface area contributed by atoms with Crippen molar-refractivity contribution in [2.75, 3.05) is 11.4 Å². The quantitative estimate of drug-likeness (QED) is 0.634. The number of rotatable bonds is 3. The minimum absolute atomic E-state index is 0.0100. The van der Waals surface area contributed by atoms with Crippen LogP contribution in [-0.2, 0) is 9.59 Å². The Bertz CT molecular complexity index is 591. The summed E-state index contributed by atoms with van der Waals surface area (Å²) in [5.74, 6) is -1.34. The number of thiocarbonyl (C=S) groups is 1. The monoisotopic (exact) mass is 295 g/mol. The van der Waals surface area contributed by atoms with Crippen molar-refractivity contribution in [3.05, 3.63) is 29.6 Å². The predicted molar refractivity (Wildman–Crippen MR) is 76.9 cm³/mol. The van der Waals surface area contributed by atoms with Crippen LogP contribution >= 0.6 is 12.2 Å². The molecule has 0 aliphatic carbocycles. The molecule has 106 valence electrons. The summed E-state index contributed by atoms with van der Waals surface area (Å²) >= 11 is 4.74. The standard InChI is InChI=1S/C13H14FN3O2S/c1-2-10-13(19)16-11(18)6-17(10)7-3-4-8(12(15)20)9(14)5-7/h3-5,10H,2,6H2,1H3,(H2,15,20)(H,16,18,19). The zero-order chi connectivity index (χ0) is 14.9. The van der Waals surface area contributed by atoms with Gasteiger partial charge in [-0.3, -0.25) is 14.9 Å². The molecule has 1 fully saturated rings. The van der Waals surface area contributed by atoms with Gasteiger partial charge in [-0.15, -0.1) is 0 Å². The predicted octanol–water partition coefficient (Wildman–Crippen LogP) is 0.701. The fourth-order valence-corrected chi connectivity index (χ4v) is 2.39. The zero-order valence-electron chi connectivity index (χ0n) is 10.9. The fraction of sp³-hybridized carbons (Fsp3) is 0.308. The molecule has 3 N–H and O–H groups in total. The van der Waals surface area contributed by atoms with E-state index in [9.17, 15) is 14.0 Å². The third-order valence-electron chi connectivity index (χ3n) is 3.19. The normalized spacial score (nSPS) is 18.9. The summed E-state index contributed by atoms with van der Waals surface area (Å²) in [6.45, 7) is 1.84. The number of halogens is 1. The molecule has 1 aliphatic rings. The van der Waals surface area contributed by atoms with E-state index >= 15 is 0 Å². The number of anilines is 1. The van der Waals surface area contributed by atoms with E-state index in [1.165, 1.54) is 12.1 Å². The maximum Gasteiger partial charge on any atom is 0.249 e. The molecule has 1 unspecified atom stereocenters. The number of hydrogen-bond donors (Lipinski definition) is 2. The lowest BCUT2D eigenvalue weighted by Crippen LogP contribution is -2.58. The molecule has 1 saturated heterocycles. The summed E-state index contributed by atoms with van der Waals surface area (Å²) in [4.78, 5) is 24.8. The highest BCUT2D eigenvalue weighted by Crippen LogP contribution is 2.23. The Labute approximate surface area is 120 Å². The molecule has 1 aromatic carbocycles. The largest absolute Gasteiger partial charge is 0.389 e. The van der Waals surface area contributed by atoms with E-state index < -0.39 is 17.8 Å². The van der Waals surface area contributed by atoms with Gasteiger partial charge in [-0.05, 0) is 24.6 Å². The Morgan fingerprint density at radius 3 is 2.80 bits per heavy atom. The minimum atomic E-state index is -0.566. The van der Waals surface area contributed by atoms with Gasteiger partial charge in [-0.2, -0.15) is 0 Å². The van der Waals surface area contributed by atoms with E-state index in [1.54, 1.807) is 11.0 Å². The van der Waals surface area contributed by atoms with Crippen molar-refractivity contribution in [2.45, 2.75) is 19.4 Å². The van der Waals surface area contributed by atoms with Gasteiger partial charge in [0.2, 0.25) is 11.8 Å². The van der Waals surface area contributed by atoms with Crippen LogP contribution in [0, 0.1) is 5.82 Å². The second-order valence-corrected chi connectivity index (χ2v) is 4.93. The molecule has 20 heavy (non-hydrogen) atoms. The van der Waals surface area contributed by atoms with Crippen LogP contribution in [0.15, 0.2) is 18.2 Å². The summed E-state index contributed by atoms with van der Waals surface area (Å²) in [6, 6.07) is 3.80. The lowest BCUT2D eigenvalue weighted by atomic mass is 10.1. The maximum absolute atomic E-state index is 13.9. The molecule has 0 spiro atoms. The molecule has 0 aromatic heterocycles. The van der Waals surface area contributed by atoms with Crippen molar-refractivity contribution in [1.82, 2.24) is 5.32 Å². The van der Waals surface area contributed by atoms with Gasteiger partial charge < -0.3 is 10.6 Å². The molecule has 0 saturated carbocycles. The van der Waals surface area contributed by atoms with E-state index in [4.69, 9.17) is 18.0 Å². The van der Waals surface area contributed by atoms with Gasteiger partial charge in [-0.25, -0.2) is 4.39 Å². The zero-order valence-corrected chi connectivity index (χ0v) is 11.7. The summed E-state index contributed by atoms with van der Waals surface area (Å²) in [5, 5.41) is 2.27. The lowest BCUT2D eigenvalue weighted by Gasteiger charge is -2.35. The number of nitrogens with one attached hydrogen (secondary N) is 1. The number of nitrogens with zero attached hydrogens (tertiary/aromatic N) is 1. The van der Waals surface area contributed by atoms with Crippen molar-refractivity contribution in [2.24, 2.45) is 5.73 Å². The summed E-state index contributed by atoms with van der Waals surface area (Å²) in [7, 11) is 0. The average Bonchev–Trinajstić information content (AvgIpc) is 2.37. The Morgan fingerprint density at radius 2 is 2.25 bits per heavy atom. The smallest absolute Gasteiger partial charge is 0.249 e. The second-order valence-electron chi connectivity index (χ2n) is 4.49. The number of hydrogen-bond acceptors (Lipinski definition) is 4. The number of imide groups is 1. The van der Waals surface area contributed by atoms with Crippen molar-refractivity contribution in [1.29, 1.82) is 0 Å². The number of amides is 2.